The van der Waals surface area contributed by atoms with E-state index < -0.39 is 16.8 Å². The number of aromatic nitrogens is 6. The Morgan fingerprint density at radius 3 is 1.14 bits per heavy atom. The highest BCUT2D eigenvalue weighted by molar-refractivity contribution is 6.32. The maximum Gasteiger partial charge on any atom is 0.339 e. The zero-order valence-corrected chi connectivity index (χ0v) is 58.7. The van der Waals surface area contributed by atoms with Crippen LogP contribution in [0.15, 0.2) is 151 Å². The normalized spacial score (nSPS) is 11.6. The quantitative estimate of drug-likeness (QED) is 0.0162. The molecular weight excluding hydrogens is 1260 g/mol. The molecule has 0 aliphatic carbocycles. The fourth-order valence-corrected chi connectivity index (χ4v) is 11.3. The summed E-state index contributed by atoms with van der Waals surface area (Å²) in [6.45, 7) is 25.1. The van der Waals surface area contributed by atoms with Crippen LogP contribution in [-0.2, 0) is 59.7 Å². The van der Waals surface area contributed by atoms with Gasteiger partial charge in [-0.25, -0.2) is 29.3 Å². The zero-order chi connectivity index (χ0) is 69.2. The Bertz CT molecular complexity index is 4090. The van der Waals surface area contributed by atoms with E-state index in [-0.39, 0.29) is 23.1 Å². The minimum Gasteiger partial charge on any atom is -0.456 e. The van der Waals surface area contributed by atoms with E-state index in [4.69, 9.17) is 60.0 Å². The topological polar surface area (TPSA) is 208 Å². The van der Waals surface area contributed by atoms with Gasteiger partial charge in [-0.3, -0.25) is 4.79 Å². The number of nitrogens with two attached hydrogens (primary N) is 1. The fourth-order valence-electron chi connectivity index (χ4n) is 10.5. The van der Waals surface area contributed by atoms with E-state index in [2.05, 4.69) is 57.6 Å². The molecule has 0 amide bonds. The molecule has 0 radical (unpaired) electrons. The summed E-state index contributed by atoms with van der Waals surface area (Å²) in [7, 11) is 0. The smallest absolute Gasteiger partial charge is 0.339 e. The summed E-state index contributed by atoms with van der Waals surface area (Å²) in [5, 5.41) is 13.2. The van der Waals surface area contributed by atoms with Gasteiger partial charge < -0.3 is 38.9 Å². The molecule has 6 aromatic carbocycles. The number of aryl methyl sites for hydroxylation is 3. The van der Waals surface area contributed by atoms with Crippen LogP contribution in [0, 0.1) is 0 Å². The minimum atomic E-state index is -0.564. The first-order chi connectivity index (χ1) is 45.2. The average Bonchev–Trinajstić information content (AvgIpc) is 1.79. The predicted molar refractivity (Wildman–Crippen MR) is 379 cm³/mol. The molecular formula is C76H87Cl3N8O8. The van der Waals surface area contributed by atoms with Crippen molar-refractivity contribution in [1.82, 2.24) is 28.7 Å². The van der Waals surface area contributed by atoms with Crippen LogP contribution in [0.5, 0.6) is 0 Å². The molecule has 19 heteroatoms. The van der Waals surface area contributed by atoms with E-state index in [1.54, 1.807) is 18.2 Å². The van der Waals surface area contributed by atoms with Gasteiger partial charge in [-0.2, -0.15) is 0 Å². The Morgan fingerprint density at radius 2 is 0.800 bits per heavy atom. The number of carbonyl (C=O) groups excluding carboxylic acids is 4. The number of unbranched alkanes of at least 4 members (excludes halogenated alkanes) is 1. The van der Waals surface area contributed by atoms with Gasteiger partial charge in [0.2, 0.25) is 0 Å². The number of esters is 3. The molecule has 3 heterocycles. The molecule has 0 saturated carbocycles. The van der Waals surface area contributed by atoms with Crippen LogP contribution < -0.4 is 5.73 Å². The number of hydrogen-bond acceptors (Lipinski definition) is 13. The number of aldehydes is 1. The Kier molecular flexibility index (Phi) is 26.1. The maximum absolute atomic E-state index is 12.7. The van der Waals surface area contributed by atoms with Gasteiger partial charge in [0.25, 0.3) is 0 Å². The molecule has 0 fully saturated rings. The van der Waals surface area contributed by atoms with E-state index in [0.717, 1.165) is 124 Å². The lowest BCUT2D eigenvalue weighted by molar-refractivity contribution is 0.00578. The number of nitrogens with zero attached hydrogens (tertiary/aromatic N) is 7. The fraction of sp³-hybridized carbons (Fsp3) is 0.342. The summed E-state index contributed by atoms with van der Waals surface area (Å²) in [6, 6.07) is 46.5. The molecule has 500 valence electrons. The van der Waals surface area contributed by atoms with Crippen molar-refractivity contribution < 1.29 is 38.6 Å². The monoisotopic (exact) mass is 1340 g/mol. The average molecular weight is 1350 g/mol. The summed E-state index contributed by atoms with van der Waals surface area (Å²) in [5.41, 5.74) is 16.1. The zero-order valence-electron chi connectivity index (χ0n) is 56.4. The molecule has 0 aliphatic rings. The van der Waals surface area contributed by atoms with Gasteiger partial charge in [0.1, 0.15) is 45.7 Å². The molecule has 0 unspecified atom stereocenters. The van der Waals surface area contributed by atoms with Gasteiger partial charge in [0.15, 0.2) is 21.7 Å². The SMILES string of the molecule is CCCCc1nc(Cl)c(C=O)n1Cc1ccc(-c2ccccc2C(=O)OC(C)(C)C)cc1.CCCc1nc(Cl)c(/C=N\O)n1Cc1ccc(-c2ccccc2C(=O)OC(C)(C)C)cc1.CCCc1nc(Cl)c(CN)n1Cc1ccc(-c2ccccc2C(=O)OC(C)(C)C)cc1. The first-order valence-electron chi connectivity index (χ1n) is 32.0. The minimum absolute atomic E-state index is 0.244. The lowest BCUT2D eigenvalue weighted by Gasteiger charge is -2.20. The summed E-state index contributed by atoms with van der Waals surface area (Å²) in [5.74, 6) is 1.60. The van der Waals surface area contributed by atoms with Gasteiger partial charge in [0, 0.05) is 45.4 Å². The summed E-state index contributed by atoms with van der Waals surface area (Å²) in [6.07, 6.45) is 8.36. The van der Waals surface area contributed by atoms with E-state index in [1.165, 1.54) is 6.21 Å². The lowest BCUT2D eigenvalue weighted by atomic mass is 9.98. The van der Waals surface area contributed by atoms with Crippen LogP contribution >= 0.6 is 34.8 Å². The molecule has 9 rings (SSSR count). The van der Waals surface area contributed by atoms with E-state index in [9.17, 15) is 19.2 Å². The Morgan fingerprint density at radius 1 is 0.474 bits per heavy atom. The standard InChI is InChI=1S/C26H29ClN2O3.C25H28ClN3O3.C25H30ClN3O2/c1-5-6-11-23-28-24(27)22(17-30)29(23)16-18-12-14-19(15-13-18)20-9-7-8-10-21(20)25(31)32-26(2,3)4;1-5-8-22-28-23(26)21(15-27-31)29(22)16-17-11-13-18(14-12-17)19-9-6-7-10-20(19)24(30)32-25(2,3)4;1-5-8-22-28-23(26)21(15-27)29(22)16-17-11-13-18(14-12-17)19-9-6-7-10-20(19)24(30)31-25(2,3)4/h7-10,12-15,17H,5-6,11,16H2,1-4H3;6-7,9-15,31H,5,8,16H2,1-4H3;6-7,9-14H,5,8,15-16,27H2,1-4H3/b;27-15-;. The highest BCUT2D eigenvalue weighted by Crippen LogP contribution is 2.32. The van der Waals surface area contributed by atoms with Crippen molar-refractivity contribution in [3.63, 3.8) is 0 Å². The molecule has 95 heavy (non-hydrogen) atoms. The van der Waals surface area contributed by atoms with E-state index in [0.29, 0.717) is 64.6 Å². The number of halogens is 3. The van der Waals surface area contributed by atoms with Crippen molar-refractivity contribution in [2.24, 2.45) is 10.9 Å². The maximum atomic E-state index is 12.7. The highest BCUT2D eigenvalue weighted by atomic mass is 35.5. The van der Waals surface area contributed by atoms with E-state index in [1.807, 2.05) is 187 Å². The van der Waals surface area contributed by atoms with Crippen molar-refractivity contribution in [1.29, 1.82) is 0 Å². The predicted octanol–water partition coefficient (Wildman–Crippen LogP) is 17.9. The van der Waals surface area contributed by atoms with Gasteiger partial charge in [0.05, 0.1) is 28.6 Å². The number of rotatable bonds is 22. The van der Waals surface area contributed by atoms with Crippen molar-refractivity contribution >= 4 is 65.2 Å². The van der Waals surface area contributed by atoms with Crippen LogP contribution in [-0.4, -0.2) is 81.1 Å². The van der Waals surface area contributed by atoms with Crippen molar-refractivity contribution in [3.8, 4) is 33.4 Å². The number of oxime groups is 1. The van der Waals surface area contributed by atoms with Gasteiger partial charge in [-0.1, -0.05) is 195 Å². The molecule has 3 N–H and O–H groups in total. The Balaban J connectivity index is 0.000000201. The Labute approximate surface area is 573 Å². The summed E-state index contributed by atoms with van der Waals surface area (Å²) >= 11 is 18.7. The second kappa shape index (κ2) is 33.6. The number of benzene rings is 6. The molecule has 0 spiro atoms. The molecule has 3 aromatic heterocycles. The Hall–Kier alpha value is -8.67. The third-order valence-electron chi connectivity index (χ3n) is 14.8. The number of carbonyl (C=O) groups is 4. The van der Waals surface area contributed by atoms with Crippen LogP contribution in [0.1, 0.15) is 196 Å². The third-order valence-corrected chi connectivity index (χ3v) is 15.7. The molecule has 0 atom stereocenters. The van der Waals surface area contributed by atoms with Gasteiger partial charge >= 0.3 is 17.9 Å². The van der Waals surface area contributed by atoms with E-state index >= 15 is 0 Å². The summed E-state index contributed by atoms with van der Waals surface area (Å²) in [4.78, 5) is 62.9. The third kappa shape index (κ3) is 20.4. The van der Waals surface area contributed by atoms with Gasteiger partial charge in [-0.15, -0.1) is 0 Å². The second-order valence-electron chi connectivity index (χ2n) is 25.8. The molecule has 0 aliphatic heterocycles. The van der Waals surface area contributed by atoms with Crippen LogP contribution in [0.4, 0.5) is 0 Å². The van der Waals surface area contributed by atoms with Gasteiger partial charge in [-0.05, 0) is 150 Å². The number of ether oxygens (including phenoxy) is 3. The van der Waals surface area contributed by atoms with Crippen molar-refractivity contribution in [3.05, 3.63) is 229 Å². The first-order valence-corrected chi connectivity index (χ1v) is 33.1. The van der Waals surface area contributed by atoms with Crippen LogP contribution in [0.25, 0.3) is 33.4 Å². The van der Waals surface area contributed by atoms with Crippen LogP contribution in [0.2, 0.25) is 15.5 Å². The van der Waals surface area contributed by atoms with Crippen molar-refractivity contribution in [2.45, 2.75) is 171 Å². The molecule has 0 bridgehead atoms. The first kappa shape index (κ1) is 73.7. The summed E-state index contributed by atoms with van der Waals surface area (Å²) < 4.78 is 22.7. The molecule has 0 saturated heterocycles. The lowest BCUT2D eigenvalue weighted by Crippen LogP contribution is -2.24. The van der Waals surface area contributed by atoms with Crippen molar-refractivity contribution in [2.75, 3.05) is 0 Å². The largest absolute Gasteiger partial charge is 0.456 e. The molecule has 16 nitrogen and oxygen atoms in total. The number of imidazole rings is 3. The number of hydrogen-bond donors (Lipinski definition) is 2. The molecule has 9 aromatic rings. The highest BCUT2D eigenvalue weighted by Gasteiger charge is 2.25. The van der Waals surface area contributed by atoms with Crippen LogP contribution in [0.3, 0.4) is 0 Å². The second-order valence-corrected chi connectivity index (χ2v) is 26.9.